The Labute approximate surface area is 178 Å². The molecule has 0 saturated heterocycles. The van der Waals surface area contributed by atoms with Crippen LogP contribution in [-0.4, -0.2) is 11.1 Å². The number of fused-ring (bicyclic) bond motifs is 1. The monoisotopic (exact) mass is 402 g/mol. The normalized spacial score (nSPS) is 15.2. The first-order valence-electron chi connectivity index (χ1n) is 12.0. The largest absolute Gasteiger partial charge is 0.508 e. The molecule has 3 nitrogen and oxygen atoms in total. The predicted octanol–water partition coefficient (Wildman–Crippen LogP) is 7.61. The van der Waals surface area contributed by atoms with E-state index < -0.39 is 0 Å². The van der Waals surface area contributed by atoms with Crippen molar-refractivity contribution in [3.63, 3.8) is 0 Å². The zero-order valence-corrected chi connectivity index (χ0v) is 19.0. The van der Waals surface area contributed by atoms with Gasteiger partial charge in [0.15, 0.2) is 0 Å². The average molecular weight is 403 g/mol. The zero-order chi connectivity index (χ0) is 21.1. The summed E-state index contributed by atoms with van der Waals surface area (Å²) in [5.74, 6) is 0.794. The quantitative estimate of drug-likeness (QED) is 0.198. The van der Waals surface area contributed by atoms with Gasteiger partial charge in [-0.15, -0.1) is 0 Å². The fourth-order valence-corrected chi connectivity index (χ4v) is 4.37. The van der Waals surface area contributed by atoms with Gasteiger partial charge in [-0.25, -0.2) is 0 Å². The van der Waals surface area contributed by atoms with Gasteiger partial charge >= 0.3 is 5.97 Å². The number of phenolic OH excluding ortho intramolecular Hbond substituents is 1. The second-order valence-corrected chi connectivity index (χ2v) is 9.50. The van der Waals surface area contributed by atoms with Gasteiger partial charge in [-0.3, -0.25) is 4.79 Å². The van der Waals surface area contributed by atoms with Crippen LogP contribution >= 0.6 is 0 Å². The van der Waals surface area contributed by atoms with Crippen molar-refractivity contribution in [3.05, 3.63) is 23.3 Å². The van der Waals surface area contributed by atoms with Crippen molar-refractivity contribution in [2.45, 2.75) is 122 Å². The Balaban J connectivity index is 1.59. The van der Waals surface area contributed by atoms with Gasteiger partial charge in [-0.1, -0.05) is 97.8 Å². The Bertz CT molecular complexity index is 633. The van der Waals surface area contributed by atoms with E-state index in [2.05, 4.69) is 6.92 Å². The summed E-state index contributed by atoms with van der Waals surface area (Å²) in [6.07, 6.45) is 18.5. The van der Waals surface area contributed by atoms with E-state index in [-0.39, 0.29) is 11.4 Å². The van der Waals surface area contributed by atoms with Crippen molar-refractivity contribution in [3.8, 4) is 11.5 Å². The number of aromatic hydroxyl groups is 1. The molecule has 0 spiro atoms. The van der Waals surface area contributed by atoms with E-state index >= 15 is 0 Å². The van der Waals surface area contributed by atoms with Gasteiger partial charge in [-0.2, -0.15) is 0 Å². The first-order chi connectivity index (χ1) is 13.9. The lowest BCUT2D eigenvalue weighted by molar-refractivity contribution is -0.136. The van der Waals surface area contributed by atoms with Crippen LogP contribution in [0.15, 0.2) is 12.1 Å². The van der Waals surface area contributed by atoms with Gasteiger partial charge in [-0.05, 0) is 30.5 Å². The van der Waals surface area contributed by atoms with Gasteiger partial charge in [0.2, 0.25) is 0 Å². The summed E-state index contributed by atoms with van der Waals surface area (Å²) in [6.45, 7) is 6.32. The number of aryl methyl sites for hydroxylation is 1. The van der Waals surface area contributed by atoms with Crippen LogP contribution in [-0.2, 0) is 16.6 Å². The fraction of sp³-hybridized carbons (Fsp3) is 0.731. The third-order valence-corrected chi connectivity index (χ3v) is 6.27. The van der Waals surface area contributed by atoms with E-state index in [0.29, 0.717) is 17.9 Å². The molecule has 1 aromatic rings. The molecule has 0 aliphatic carbocycles. The van der Waals surface area contributed by atoms with Crippen LogP contribution in [0.5, 0.6) is 11.5 Å². The van der Waals surface area contributed by atoms with E-state index in [4.69, 9.17) is 4.74 Å². The minimum Gasteiger partial charge on any atom is -0.508 e. The number of ether oxygens (including phenoxy) is 1. The number of rotatable bonds is 14. The molecule has 1 heterocycles. The molecule has 1 aromatic carbocycles. The molecule has 0 unspecified atom stereocenters. The Hall–Kier alpha value is -1.51. The summed E-state index contributed by atoms with van der Waals surface area (Å²) in [7, 11) is 0. The number of unbranched alkanes of at least 4 members (excludes halogenated alkanes) is 12. The molecule has 164 valence electrons. The van der Waals surface area contributed by atoms with E-state index in [0.717, 1.165) is 24.0 Å². The maximum absolute atomic E-state index is 11.8. The molecule has 0 amide bonds. The summed E-state index contributed by atoms with van der Waals surface area (Å²) in [5.41, 5.74) is 1.55. The summed E-state index contributed by atoms with van der Waals surface area (Å²) >= 11 is 0. The van der Waals surface area contributed by atoms with Crippen molar-refractivity contribution in [1.82, 2.24) is 0 Å². The third kappa shape index (κ3) is 8.03. The highest BCUT2D eigenvalue weighted by Gasteiger charge is 2.34. The van der Waals surface area contributed by atoms with Gasteiger partial charge < -0.3 is 9.84 Å². The van der Waals surface area contributed by atoms with E-state index in [9.17, 15) is 9.90 Å². The molecule has 0 atom stereocenters. The standard InChI is InChI=1S/C26H42O3/c1-4-5-6-7-8-9-10-11-12-13-14-15-16-17-21-18-24-22(19-23(21)27)26(2,3)20-25(28)29-24/h18-19,27H,4-17,20H2,1-3H3. The molecule has 3 heteroatoms. The van der Waals surface area contributed by atoms with Crippen molar-refractivity contribution in [1.29, 1.82) is 0 Å². The van der Waals surface area contributed by atoms with Gasteiger partial charge in [0, 0.05) is 11.0 Å². The molecular weight excluding hydrogens is 360 g/mol. The predicted molar refractivity (Wildman–Crippen MR) is 121 cm³/mol. The van der Waals surface area contributed by atoms with Crippen molar-refractivity contribution in [2.75, 3.05) is 0 Å². The molecule has 1 aliphatic heterocycles. The highest BCUT2D eigenvalue weighted by Crippen LogP contribution is 2.42. The Kier molecular flexibility index (Phi) is 10.0. The first-order valence-corrected chi connectivity index (χ1v) is 12.0. The van der Waals surface area contributed by atoms with E-state index in [1.165, 1.54) is 77.0 Å². The molecule has 0 aromatic heterocycles. The number of benzene rings is 1. The highest BCUT2D eigenvalue weighted by molar-refractivity contribution is 5.78. The van der Waals surface area contributed by atoms with Crippen LogP contribution in [0.25, 0.3) is 0 Å². The lowest BCUT2D eigenvalue weighted by Crippen LogP contribution is -2.30. The lowest BCUT2D eigenvalue weighted by atomic mass is 9.79. The van der Waals surface area contributed by atoms with E-state index in [1.807, 2.05) is 19.9 Å². The second kappa shape index (κ2) is 12.2. The smallest absolute Gasteiger partial charge is 0.312 e. The molecule has 1 aliphatic rings. The molecule has 0 bridgehead atoms. The van der Waals surface area contributed by atoms with Crippen LogP contribution in [0.2, 0.25) is 0 Å². The Morgan fingerprint density at radius 2 is 1.38 bits per heavy atom. The van der Waals surface area contributed by atoms with E-state index in [1.54, 1.807) is 6.07 Å². The minimum atomic E-state index is -0.282. The van der Waals surface area contributed by atoms with Gasteiger partial charge in [0.25, 0.3) is 0 Å². The molecular formula is C26H42O3. The minimum absolute atomic E-state index is 0.180. The fourth-order valence-electron chi connectivity index (χ4n) is 4.37. The summed E-state index contributed by atoms with van der Waals surface area (Å²) in [6, 6.07) is 3.68. The lowest BCUT2D eigenvalue weighted by Gasteiger charge is -2.31. The van der Waals surface area contributed by atoms with Crippen LogP contribution in [0.1, 0.15) is 122 Å². The molecule has 29 heavy (non-hydrogen) atoms. The van der Waals surface area contributed by atoms with Crippen molar-refractivity contribution < 1.29 is 14.6 Å². The maximum Gasteiger partial charge on any atom is 0.312 e. The molecule has 0 radical (unpaired) electrons. The number of hydrogen-bond donors (Lipinski definition) is 1. The average Bonchev–Trinajstić information content (AvgIpc) is 2.66. The SMILES string of the molecule is CCCCCCCCCCCCCCCc1cc2c(cc1O)C(C)(C)CC(=O)O2. The van der Waals surface area contributed by atoms with Crippen LogP contribution in [0.3, 0.4) is 0 Å². The Morgan fingerprint density at radius 1 is 0.862 bits per heavy atom. The number of carbonyl (C=O) groups excluding carboxylic acids is 1. The zero-order valence-electron chi connectivity index (χ0n) is 19.0. The van der Waals surface area contributed by atoms with Crippen LogP contribution < -0.4 is 4.74 Å². The maximum atomic E-state index is 11.8. The summed E-state index contributed by atoms with van der Waals surface area (Å²) in [4.78, 5) is 11.8. The summed E-state index contributed by atoms with van der Waals surface area (Å²) in [5, 5.41) is 10.4. The second-order valence-electron chi connectivity index (χ2n) is 9.50. The number of carbonyl (C=O) groups is 1. The molecule has 1 N–H and O–H groups in total. The van der Waals surface area contributed by atoms with Crippen LogP contribution in [0.4, 0.5) is 0 Å². The highest BCUT2D eigenvalue weighted by atomic mass is 16.5. The van der Waals surface area contributed by atoms with Crippen LogP contribution in [0, 0.1) is 0 Å². The van der Waals surface area contributed by atoms with Gasteiger partial charge in [0.1, 0.15) is 11.5 Å². The number of hydrogen-bond acceptors (Lipinski definition) is 3. The number of esters is 1. The number of phenols is 1. The van der Waals surface area contributed by atoms with Gasteiger partial charge in [0.05, 0.1) is 6.42 Å². The molecule has 0 saturated carbocycles. The topological polar surface area (TPSA) is 46.5 Å². The van der Waals surface area contributed by atoms with Crippen molar-refractivity contribution >= 4 is 5.97 Å². The molecule has 0 fully saturated rings. The first kappa shape index (κ1) is 23.8. The van der Waals surface area contributed by atoms with Crippen molar-refractivity contribution in [2.24, 2.45) is 0 Å². The Morgan fingerprint density at radius 3 is 1.93 bits per heavy atom. The summed E-state index contributed by atoms with van der Waals surface area (Å²) < 4.78 is 5.43. The molecule has 2 rings (SSSR count). The third-order valence-electron chi connectivity index (χ3n) is 6.27.